The highest BCUT2D eigenvalue weighted by molar-refractivity contribution is 5.48. The van der Waals surface area contributed by atoms with Gasteiger partial charge in [-0.15, -0.1) is 0 Å². The highest BCUT2D eigenvalue weighted by Crippen LogP contribution is 2.28. The first-order chi connectivity index (χ1) is 8.79. The average Bonchev–Trinajstić information content (AvgIpc) is 2.40. The third-order valence-corrected chi connectivity index (χ3v) is 3.62. The highest BCUT2D eigenvalue weighted by atomic mass is 16.5. The Bertz CT molecular complexity index is 366. The zero-order valence-corrected chi connectivity index (χ0v) is 11.2. The van der Waals surface area contributed by atoms with Crippen LogP contribution >= 0.6 is 0 Å². The van der Waals surface area contributed by atoms with E-state index in [1.54, 1.807) is 0 Å². The van der Waals surface area contributed by atoms with Crippen molar-refractivity contribution in [2.75, 3.05) is 26.3 Å². The van der Waals surface area contributed by atoms with Gasteiger partial charge in [-0.3, -0.25) is 0 Å². The molecule has 2 nitrogen and oxygen atoms in total. The number of ether oxygens (including phenoxy) is 1. The monoisotopic (exact) mass is 245 g/mol. The van der Waals surface area contributed by atoms with Gasteiger partial charge in [0.1, 0.15) is 0 Å². The quantitative estimate of drug-likeness (QED) is 0.805. The Morgan fingerprint density at radius 3 is 2.67 bits per heavy atom. The van der Waals surface area contributed by atoms with Crippen LogP contribution in [-0.2, 0) is 4.74 Å². The van der Waals surface area contributed by atoms with E-state index in [1.807, 2.05) is 6.07 Å². The van der Waals surface area contributed by atoms with Crippen molar-refractivity contribution in [2.24, 2.45) is 5.41 Å². The van der Waals surface area contributed by atoms with E-state index in [4.69, 9.17) is 4.74 Å². The summed E-state index contributed by atoms with van der Waals surface area (Å²) in [7, 11) is 0. The Hall–Kier alpha value is -1.12. The minimum Gasteiger partial charge on any atom is -0.381 e. The molecule has 0 bridgehead atoms. The molecule has 1 aromatic rings. The van der Waals surface area contributed by atoms with Gasteiger partial charge in [-0.05, 0) is 23.8 Å². The molecule has 1 aromatic carbocycles. The summed E-state index contributed by atoms with van der Waals surface area (Å²) in [5.74, 6) is 0. The maximum Gasteiger partial charge on any atom is 0.0471 e. The van der Waals surface area contributed by atoms with Crippen LogP contribution in [0, 0.1) is 5.41 Å². The van der Waals surface area contributed by atoms with Crippen molar-refractivity contribution < 1.29 is 4.74 Å². The van der Waals surface area contributed by atoms with Gasteiger partial charge >= 0.3 is 0 Å². The van der Waals surface area contributed by atoms with Gasteiger partial charge < -0.3 is 10.1 Å². The van der Waals surface area contributed by atoms with E-state index >= 15 is 0 Å². The molecule has 0 saturated carbocycles. The van der Waals surface area contributed by atoms with Crippen molar-refractivity contribution in [1.29, 1.82) is 0 Å². The molecule has 1 saturated heterocycles. The smallest absolute Gasteiger partial charge is 0.0471 e. The number of hydrogen-bond acceptors (Lipinski definition) is 2. The zero-order chi connectivity index (χ0) is 12.7. The minimum absolute atomic E-state index is 0.416. The van der Waals surface area contributed by atoms with E-state index in [0.29, 0.717) is 5.41 Å². The van der Waals surface area contributed by atoms with Gasteiger partial charge in [-0.25, -0.2) is 0 Å². The summed E-state index contributed by atoms with van der Waals surface area (Å²) in [6, 6.07) is 10.4. The molecule has 1 aliphatic rings. The fourth-order valence-corrected chi connectivity index (χ4v) is 2.26. The van der Waals surface area contributed by atoms with Gasteiger partial charge in [-0.2, -0.15) is 0 Å². The van der Waals surface area contributed by atoms with Crippen LogP contribution in [0.5, 0.6) is 0 Å². The van der Waals surface area contributed by atoms with Crippen molar-refractivity contribution >= 4 is 6.08 Å². The molecule has 1 N–H and O–H groups in total. The summed E-state index contributed by atoms with van der Waals surface area (Å²) in [5, 5.41) is 3.52. The van der Waals surface area contributed by atoms with Crippen LogP contribution in [-0.4, -0.2) is 26.3 Å². The molecule has 0 amide bonds. The van der Waals surface area contributed by atoms with Crippen LogP contribution in [0.2, 0.25) is 0 Å². The maximum atomic E-state index is 5.41. The van der Waals surface area contributed by atoms with E-state index in [9.17, 15) is 0 Å². The highest BCUT2D eigenvalue weighted by Gasteiger charge is 2.26. The van der Waals surface area contributed by atoms with E-state index in [2.05, 4.69) is 48.7 Å². The molecular formula is C16H23NO. The van der Waals surface area contributed by atoms with Gasteiger partial charge in [0.15, 0.2) is 0 Å². The molecule has 1 heterocycles. The largest absolute Gasteiger partial charge is 0.381 e. The first kappa shape index (κ1) is 13.3. The molecule has 0 aliphatic carbocycles. The SMILES string of the molecule is CC1(CNC/C=C/c2ccccc2)CCOCC1. The lowest BCUT2D eigenvalue weighted by Gasteiger charge is -2.33. The Labute approximate surface area is 110 Å². The minimum atomic E-state index is 0.416. The standard InChI is InChI=1S/C16H23NO/c1-16(9-12-18-13-10-16)14-17-11-5-8-15-6-3-2-4-7-15/h2-8,17H,9-14H2,1H3/b8-5+. The van der Waals surface area contributed by atoms with Crippen LogP contribution in [0.1, 0.15) is 25.3 Å². The third kappa shape index (κ3) is 4.28. The predicted octanol–water partition coefficient (Wildman–Crippen LogP) is 3.11. The second-order valence-electron chi connectivity index (χ2n) is 5.37. The normalized spacial score (nSPS) is 19.2. The summed E-state index contributed by atoms with van der Waals surface area (Å²) in [4.78, 5) is 0. The van der Waals surface area contributed by atoms with Gasteiger partial charge in [0.2, 0.25) is 0 Å². The van der Waals surface area contributed by atoms with Crippen LogP contribution in [0.3, 0.4) is 0 Å². The van der Waals surface area contributed by atoms with Crippen LogP contribution < -0.4 is 5.32 Å². The topological polar surface area (TPSA) is 21.3 Å². The van der Waals surface area contributed by atoms with E-state index in [0.717, 1.165) is 26.3 Å². The second-order valence-corrected chi connectivity index (χ2v) is 5.37. The first-order valence-corrected chi connectivity index (χ1v) is 6.79. The van der Waals surface area contributed by atoms with Crippen LogP contribution in [0.25, 0.3) is 6.08 Å². The van der Waals surface area contributed by atoms with Crippen LogP contribution in [0.4, 0.5) is 0 Å². The molecule has 1 aliphatic heterocycles. The predicted molar refractivity (Wildman–Crippen MR) is 76.5 cm³/mol. The maximum absolute atomic E-state index is 5.41. The Balaban J connectivity index is 1.68. The summed E-state index contributed by atoms with van der Waals surface area (Å²) in [6.07, 6.45) is 6.70. The summed E-state index contributed by atoms with van der Waals surface area (Å²) in [5.41, 5.74) is 1.68. The summed E-state index contributed by atoms with van der Waals surface area (Å²) < 4.78 is 5.41. The average molecular weight is 245 g/mol. The van der Waals surface area contributed by atoms with E-state index < -0.39 is 0 Å². The Morgan fingerprint density at radius 1 is 1.22 bits per heavy atom. The summed E-state index contributed by atoms with van der Waals surface area (Å²) >= 11 is 0. The number of rotatable bonds is 5. The van der Waals surface area contributed by atoms with Gasteiger partial charge in [0.05, 0.1) is 0 Å². The van der Waals surface area contributed by atoms with E-state index in [-0.39, 0.29) is 0 Å². The first-order valence-electron chi connectivity index (χ1n) is 6.79. The number of hydrogen-bond donors (Lipinski definition) is 1. The molecule has 0 aromatic heterocycles. The van der Waals surface area contributed by atoms with Gasteiger partial charge in [0, 0.05) is 26.3 Å². The van der Waals surface area contributed by atoms with Crippen molar-refractivity contribution in [2.45, 2.75) is 19.8 Å². The molecule has 2 rings (SSSR count). The zero-order valence-electron chi connectivity index (χ0n) is 11.2. The molecule has 18 heavy (non-hydrogen) atoms. The van der Waals surface area contributed by atoms with Crippen molar-refractivity contribution in [3.05, 3.63) is 42.0 Å². The lowest BCUT2D eigenvalue weighted by molar-refractivity contribution is 0.0246. The second kappa shape index (κ2) is 6.72. The fourth-order valence-electron chi connectivity index (χ4n) is 2.26. The lowest BCUT2D eigenvalue weighted by atomic mass is 9.82. The van der Waals surface area contributed by atoms with Gasteiger partial charge in [-0.1, -0.05) is 49.4 Å². The molecule has 0 radical (unpaired) electrons. The summed E-state index contributed by atoms with van der Waals surface area (Å²) in [6.45, 7) is 6.19. The van der Waals surface area contributed by atoms with Gasteiger partial charge in [0.25, 0.3) is 0 Å². The van der Waals surface area contributed by atoms with E-state index in [1.165, 1.54) is 18.4 Å². The van der Waals surface area contributed by atoms with Crippen molar-refractivity contribution in [3.8, 4) is 0 Å². The molecule has 98 valence electrons. The molecule has 0 atom stereocenters. The molecule has 1 fully saturated rings. The van der Waals surface area contributed by atoms with Crippen molar-refractivity contribution in [3.63, 3.8) is 0 Å². The Kier molecular flexibility index (Phi) is 4.97. The molecule has 0 spiro atoms. The molecule has 0 unspecified atom stereocenters. The number of benzene rings is 1. The molecular weight excluding hydrogens is 222 g/mol. The lowest BCUT2D eigenvalue weighted by Crippen LogP contribution is -2.36. The molecule has 2 heteroatoms. The van der Waals surface area contributed by atoms with Crippen LogP contribution in [0.15, 0.2) is 36.4 Å². The Morgan fingerprint density at radius 2 is 1.94 bits per heavy atom. The number of nitrogens with one attached hydrogen (secondary N) is 1. The van der Waals surface area contributed by atoms with Crippen molar-refractivity contribution in [1.82, 2.24) is 5.32 Å². The fraction of sp³-hybridized carbons (Fsp3) is 0.500. The third-order valence-electron chi connectivity index (χ3n) is 3.62.